The van der Waals surface area contributed by atoms with Crippen LogP contribution >= 0.6 is 0 Å². The molecule has 9 heteroatoms. The fraction of sp³-hybridized carbons (Fsp3) is 0.500. The number of fused-ring (bicyclic) bond motifs is 1. The van der Waals surface area contributed by atoms with Gasteiger partial charge in [0.05, 0.1) is 36.4 Å². The predicted molar refractivity (Wildman–Crippen MR) is 91.7 cm³/mol. The van der Waals surface area contributed by atoms with Gasteiger partial charge < -0.3 is 13.9 Å². The number of sulfonamides is 1. The van der Waals surface area contributed by atoms with Crippen molar-refractivity contribution in [2.45, 2.75) is 32.9 Å². The lowest BCUT2D eigenvalue weighted by molar-refractivity contribution is 0.0672. The van der Waals surface area contributed by atoms with Crippen molar-refractivity contribution in [2.75, 3.05) is 19.3 Å². The number of nitrogens with one attached hydrogen (secondary N) is 1. The topological polar surface area (TPSA) is 97.4 Å². The highest BCUT2D eigenvalue weighted by Gasteiger charge is 2.30. The monoisotopic (exact) mass is 366 g/mol. The van der Waals surface area contributed by atoms with Gasteiger partial charge in [0.1, 0.15) is 11.5 Å². The smallest absolute Gasteiger partial charge is 0.257 e. The zero-order valence-electron chi connectivity index (χ0n) is 14.5. The molecule has 25 heavy (non-hydrogen) atoms. The lowest BCUT2D eigenvalue weighted by Gasteiger charge is -2.34. The minimum atomic E-state index is -3.23. The largest absolute Gasteiger partial charge is 0.466 e. The summed E-state index contributed by atoms with van der Waals surface area (Å²) < 4.78 is 32.5. The first-order chi connectivity index (χ1) is 11.7. The summed E-state index contributed by atoms with van der Waals surface area (Å²) in [5.41, 5.74) is 1.50. The molecule has 1 aliphatic rings. The van der Waals surface area contributed by atoms with E-state index in [4.69, 9.17) is 4.42 Å². The number of hydrogen-bond donors (Lipinski definition) is 1. The van der Waals surface area contributed by atoms with Gasteiger partial charge in [-0.1, -0.05) is 0 Å². The average Bonchev–Trinajstić information content (AvgIpc) is 3.11. The molecule has 0 saturated heterocycles. The first-order valence-corrected chi connectivity index (χ1v) is 9.95. The van der Waals surface area contributed by atoms with E-state index in [1.165, 1.54) is 0 Å². The Morgan fingerprint density at radius 3 is 2.84 bits per heavy atom. The van der Waals surface area contributed by atoms with Crippen molar-refractivity contribution >= 4 is 15.9 Å². The summed E-state index contributed by atoms with van der Waals surface area (Å²) in [6.07, 6.45) is 5.18. The maximum atomic E-state index is 12.9. The summed E-state index contributed by atoms with van der Waals surface area (Å²) in [4.78, 5) is 18.8. The minimum absolute atomic E-state index is 0.0299. The molecule has 8 nitrogen and oxygen atoms in total. The van der Waals surface area contributed by atoms with Crippen LogP contribution in [-0.2, 0) is 16.6 Å². The van der Waals surface area contributed by atoms with Crippen LogP contribution in [-0.4, -0.2) is 48.1 Å². The van der Waals surface area contributed by atoms with Crippen LogP contribution < -0.4 is 4.72 Å². The zero-order chi connectivity index (χ0) is 18.2. The Hall–Kier alpha value is -2.13. The lowest BCUT2D eigenvalue weighted by Crippen LogP contribution is -2.41. The van der Waals surface area contributed by atoms with Gasteiger partial charge in [-0.2, -0.15) is 0 Å². The van der Waals surface area contributed by atoms with Gasteiger partial charge in [-0.25, -0.2) is 18.1 Å². The van der Waals surface area contributed by atoms with Crippen molar-refractivity contribution < 1.29 is 17.6 Å². The SMILES string of the molecule is Cc1cc(C(=O)N2Cc3cncn3C(CCNS(C)(=O)=O)C2)c(C)o1. The highest BCUT2D eigenvalue weighted by molar-refractivity contribution is 7.88. The van der Waals surface area contributed by atoms with Crippen molar-refractivity contribution in [1.82, 2.24) is 19.2 Å². The second kappa shape index (κ2) is 6.64. The van der Waals surface area contributed by atoms with E-state index in [9.17, 15) is 13.2 Å². The second-order valence-electron chi connectivity index (χ2n) is 6.41. The molecule has 3 rings (SSSR count). The van der Waals surface area contributed by atoms with E-state index in [1.54, 1.807) is 30.4 Å². The standard InChI is InChI=1S/C16H22N4O4S/c1-11-6-15(12(2)24-11)16(21)19-8-13(4-5-18-25(3,22)23)20-10-17-7-14(20)9-19/h6-7,10,13,18H,4-5,8-9H2,1-3H3. The number of amides is 1. The summed E-state index contributed by atoms with van der Waals surface area (Å²) in [7, 11) is -3.23. The van der Waals surface area contributed by atoms with Crippen LogP contribution in [0.2, 0.25) is 0 Å². The van der Waals surface area contributed by atoms with Gasteiger partial charge in [0.2, 0.25) is 10.0 Å². The van der Waals surface area contributed by atoms with Crippen LogP contribution in [0.25, 0.3) is 0 Å². The molecule has 3 heterocycles. The van der Waals surface area contributed by atoms with Gasteiger partial charge in [-0.3, -0.25) is 4.79 Å². The summed E-state index contributed by atoms with van der Waals surface area (Å²) in [5, 5.41) is 0. The number of nitrogens with zero attached hydrogens (tertiary/aromatic N) is 3. The molecular formula is C16H22N4O4S. The lowest BCUT2D eigenvalue weighted by atomic mass is 10.1. The fourth-order valence-electron chi connectivity index (χ4n) is 3.20. The number of carbonyl (C=O) groups is 1. The molecule has 2 aromatic heterocycles. The van der Waals surface area contributed by atoms with Gasteiger partial charge in [-0.05, 0) is 26.3 Å². The first-order valence-electron chi connectivity index (χ1n) is 8.06. The Morgan fingerprint density at radius 2 is 2.20 bits per heavy atom. The number of aromatic nitrogens is 2. The number of imidazole rings is 1. The molecule has 1 unspecified atom stereocenters. The van der Waals surface area contributed by atoms with Crippen molar-refractivity contribution in [3.05, 3.63) is 41.4 Å². The molecule has 0 saturated carbocycles. The minimum Gasteiger partial charge on any atom is -0.466 e. The Labute approximate surface area is 146 Å². The molecule has 1 amide bonds. The molecule has 0 radical (unpaired) electrons. The Bertz CT molecular complexity index is 884. The first kappa shape index (κ1) is 17.7. The quantitative estimate of drug-likeness (QED) is 0.858. The molecule has 0 spiro atoms. The number of rotatable bonds is 5. The van der Waals surface area contributed by atoms with Crippen LogP contribution in [0.3, 0.4) is 0 Å². The summed E-state index contributed by atoms with van der Waals surface area (Å²) in [6.45, 7) is 4.87. The van der Waals surface area contributed by atoms with E-state index in [2.05, 4.69) is 9.71 Å². The van der Waals surface area contributed by atoms with Crippen molar-refractivity contribution in [2.24, 2.45) is 0 Å². The fourth-order valence-corrected chi connectivity index (χ4v) is 3.68. The molecule has 136 valence electrons. The predicted octanol–water partition coefficient (Wildman–Crippen LogP) is 1.23. The Morgan fingerprint density at radius 1 is 1.44 bits per heavy atom. The van der Waals surface area contributed by atoms with Crippen LogP contribution in [0, 0.1) is 13.8 Å². The molecular weight excluding hydrogens is 344 g/mol. The summed E-state index contributed by atoms with van der Waals surface area (Å²) >= 11 is 0. The molecule has 0 aliphatic carbocycles. The highest BCUT2D eigenvalue weighted by Crippen LogP contribution is 2.26. The van der Waals surface area contributed by atoms with Gasteiger partial charge in [0, 0.05) is 19.3 Å². The second-order valence-corrected chi connectivity index (χ2v) is 8.25. The normalized spacial score (nSPS) is 17.6. The van der Waals surface area contributed by atoms with Gasteiger partial charge in [0.25, 0.3) is 5.91 Å². The molecule has 0 fully saturated rings. The van der Waals surface area contributed by atoms with Crippen LogP contribution in [0.1, 0.15) is 40.0 Å². The van der Waals surface area contributed by atoms with E-state index < -0.39 is 10.0 Å². The van der Waals surface area contributed by atoms with Crippen LogP contribution in [0.15, 0.2) is 23.0 Å². The molecule has 0 aromatic carbocycles. The van der Waals surface area contributed by atoms with E-state index in [0.717, 1.165) is 11.9 Å². The number of aryl methyl sites for hydroxylation is 2. The maximum absolute atomic E-state index is 12.9. The molecule has 1 aliphatic heterocycles. The van der Waals surface area contributed by atoms with Crippen LogP contribution in [0.5, 0.6) is 0 Å². The highest BCUT2D eigenvalue weighted by atomic mass is 32.2. The van der Waals surface area contributed by atoms with E-state index in [-0.39, 0.29) is 11.9 Å². The molecule has 1 atom stereocenters. The summed E-state index contributed by atoms with van der Waals surface area (Å²) in [6, 6.07) is 1.72. The van der Waals surface area contributed by atoms with Crippen molar-refractivity contribution in [1.29, 1.82) is 0 Å². The number of carbonyl (C=O) groups excluding carboxylic acids is 1. The van der Waals surface area contributed by atoms with Crippen molar-refractivity contribution in [3.63, 3.8) is 0 Å². The van der Waals surface area contributed by atoms with E-state index in [1.807, 2.05) is 11.5 Å². The summed E-state index contributed by atoms with van der Waals surface area (Å²) in [5.74, 6) is 1.23. The molecule has 1 N–H and O–H groups in total. The Kier molecular flexibility index (Phi) is 4.70. The van der Waals surface area contributed by atoms with Gasteiger partial charge in [0.15, 0.2) is 0 Å². The molecule has 0 bridgehead atoms. The average molecular weight is 366 g/mol. The molecule has 2 aromatic rings. The third kappa shape index (κ3) is 3.93. The van der Waals surface area contributed by atoms with Gasteiger partial charge >= 0.3 is 0 Å². The zero-order valence-corrected chi connectivity index (χ0v) is 15.3. The van der Waals surface area contributed by atoms with Crippen LogP contribution in [0.4, 0.5) is 0 Å². The van der Waals surface area contributed by atoms with E-state index in [0.29, 0.717) is 43.1 Å². The third-order valence-corrected chi connectivity index (χ3v) is 5.05. The Balaban J connectivity index is 1.77. The van der Waals surface area contributed by atoms with Crippen molar-refractivity contribution in [3.8, 4) is 0 Å². The number of hydrogen-bond acceptors (Lipinski definition) is 5. The third-order valence-electron chi connectivity index (χ3n) is 4.32. The van der Waals surface area contributed by atoms with E-state index >= 15 is 0 Å². The number of furan rings is 1. The van der Waals surface area contributed by atoms with Gasteiger partial charge in [-0.15, -0.1) is 0 Å². The maximum Gasteiger partial charge on any atom is 0.257 e.